The Morgan fingerprint density at radius 2 is 2.12 bits per heavy atom. The van der Waals surface area contributed by atoms with Crippen LogP contribution in [0.4, 0.5) is 5.69 Å². The number of nitrogens with two attached hydrogens (primary N) is 1. The third-order valence-corrected chi connectivity index (χ3v) is 4.06. The SMILES string of the molecule is Cc1ccc(N)c(C(=O)NC2CCSCC2)c1. The van der Waals surface area contributed by atoms with Crippen LogP contribution in [0.2, 0.25) is 0 Å². The Morgan fingerprint density at radius 3 is 2.82 bits per heavy atom. The first-order valence-electron chi connectivity index (χ1n) is 5.91. The number of nitrogen functional groups attached to an aromatic ring is 1. The molecule has 17 heavy (non-hydrogen) atoms. The smallest absolute Gasteiger partial charge is 0.253 e. The van der Waals surface area contributed by atoms with Gasteiger partial charge in [0.1, 0.15) is 0 Å². The Bertz CT molecular complexity index is 414. The highest BCUT2D eigenvalue weighted by Gasteiger charge is 2.18. The highest BCUT2D eigenvalue weighted by molar-refractivity contribution is 7.99. The molecule has 0 radical (unpaired) electrons. The summed E-state index contributed by atoms with van der Waals surface area (Å²) < 4.78 is 0. The molecular weight excluding hydrogens is 232 g/mol. The van der Waals surface area contributed by atoms with Crippen LogP contribution in [0, 0.1) is 6.92 Å². The van der Waals surface area contributed by atoms with E-state index < -0.39 is 0 Å². The van der Waals surface area contributed by atoms with Crippen molar-refractivity contribution in [1.29, 1.82) is 0 Å². The van der Waals surface area contributed by atoms with Crippen molar-refractivity contribution in [1.82, 2.24) is 5.32 Å². The molecular formula is C13H18N2OS. The second-order valence-electron chi connectivity index (χ2n) is 4.45. The third-order valence-electron chi connectivity index (χ3n) is 3.01. The molecule has 1 heterocycles. The van der Waals surface area contributed by atoms with E-state index in [0.29, 0.717) is 17.3 Å². The van der Waals surface area contributed by atoms with Crippen molar-refractivity contribution in [3.63, 3.8) is 0 Å². The number of aryl methyl sites for hydroxylation is 1. The maximum atomic E-state index is 12.1. The lowest BCUT2D eigenvalue weighted by Crippen LogP contribution is -2.37. The minimum absolute atomic E-state index is 0.0388. The first kappa shape index (κ1) is 12.3. The second-order valence-corrected chi connectivity index (χ2v) is 5.68. The summed E-state index contributed by atoms with van der Waals surface area (Å²) in [4.78, 5) is 12.1. The molecule has 92 valence electrons. The monoisotopic (exact) mass is 250 g/mol. The van der Waals surface area contributed by atoms with Gasteiger partial charge in [0.05, 0.1) is 5.56 Å². The van der Waals surface area contributed by atoms with Crippen molar-refractivity contribution < 1.29 is 4.79 Å². The molecule has 0 aromatic heterocycles. The van der Waals surface area contributed by atoms with Crippen LogP contribution < -0.4 is 11.1 Å². The van der Waals surface area contributed by atoms with E-state index in [2.05, 4.69) is 5.32 Å². The Kier molecular flexibility index (Phi) is 3.94. The minimum Gasteiger partial charge on any atom is -0.398 e. The zero-order valence-electron chi connectivity index (χ0n) is 10.0. The normalized spacial score (nSPS) is 16.8. The number of benzene rings is 1. The zero-order chi connectivity index (χ0) is 12.3. The number of rotatable bonds is 2. The molecule has 0 atom stereocenters. The molecule has 1 aliphatic rings. The topological polar surface area (TPSA) is 55.1 Å². The summed E-state index contributed by atoms with van der Waals surface area (Å²) in [6.07, 6.45) is 2.12. The summed E-state index contributed by atoms with van der Waals surface area (Å²) in [7, 11) is 0. The fourth-order valence-corrected chi connectivity index (χ4v) is 3.08. The largest absolute Gasteiger partial charge is 0.398 e. The number of nitrogens with one attached hydrogen (secondary N) is 1. The molecule has 0 aliphatic carbocycles. The maximum absolute atomic E-state index is 12.1. The van der Waals surface area contributed by atoms with Crippen molar-refractivity contribution in [2.75, 3.05) is 17.2 Å². The van der Waals surface area contributed by atoms with Gasteiger partial charge in [0, 0.05) is 11.7 Å². The van der Waals surface area contributed by atoms with Gasteiger partial charge in [-0.05, 0) is 43.4 Å². The van der Waals surface area contributed by atoms with Crippen LogP contribution in [-0.2, 0) is 0 Å². The van der Waals surface area contributed by atoms with Crippen molar-refractivity contribution in [2.24, 2.45) is 0 Å². The summed E-state index contributed by atoms with van der Waals surface area (Å²) in [5.41, 5.74) is 8.04. The van der Waals surface area contributed by atoms with E-state index in [-0.39, 0.29) is 5.91 Å². The van der Waals surface area contributed by atoms with E-state index in [1.54, 1.807) is 6.07 Å². The van der Waals surface area contributed by atoms with E-state index in [0.717, 1.165) is 29.9 Å². The van der Waals surface area contributed by atoms with Gasteiger partial charge in [-0.15, -0.1) is 0 Å². The van der Waals surface area contributed by atoms with Gasteiger partial charge >= 0.3 is 0 Å². The molecule has 1 fully saturated rings. The van der Waals surface area contributed by atoms with E-state index in [9.17, 15) is 4.79 Å². The Balaban J connectivity index is 2.05. The van der Waals surface area contributed by atoms with Gasteiger partial charge in [0.25, 0.3) is 5.91 Å². The number of hydrogen-bond acceptors (Lipinski definition) is 3. The van der Waals surface area contributed by atoms with Gasteiger partial charge in [0.2, 0.25) is 0 Å². The molecule has 0 unspecified atom stereocenters. The fourth-order valence-electron chi connectivity index (χ4n) is 1.97. The molecule has 0 spiro atoms. The van der Waals surface area contributed by atoms with Crippen molar-refractivity contribution >= 4 is 23.4 Å². The number of anilines is 1. The highest BCUT2D eigenvalue weighted by Crippen LogP contribution is 2.19. The molecule has 0 saturated carbocycles. The fraction of sp³-hybridized carbons (Fsp3) is 0.462. The van der Waals surface area contributed by atoms with E-state index in [4.69, 9.17) is 5.73 Å². The molecule has 4 heteroatoms. The number of carbonyl (C=O) groups is 1. The Hall–Kier alpha value is -1.16. The molecule has 3 nitrogen and oxygen atoms in total. The maximum Gasteiger partial charge on any atom is 0.253 e. The van der Waals surface area contributed by atoms with Crippen LogP contribution in [-0.4, -0.2) is 23.5 Å². The molecule has 3 N–H and O–H groups in total. The van der Waals surface area contributed by atoms with Crippen LogP contribution in [0.5, 0.6) is 0 Å². The molecule has 1 aliphatic heterocycles. The second kappa shape index (κ2) is 5.45. The number of carbonyl (C=O) groups excluding carboxylic acids is 1. The highest BCUT2D eigenvalue weighted by atomic mass is 32.2. The van der Waals surface area contributed by atoms with Crippen LogP contribution >= 0.6 is 11.8 Å². The number of amides is 1. The summed E-state index contributed by atoms with van der Waals surface area (Å²) >= 11 is 1.95. The third kappa shape index (κ3) is 3.16. The molecule has 1 saturated heterocycles. The standard InChI is InChI=1S/C13H18N2OS/c1-9-2-3-12(14)11(8-9)13(16)15-10-4-6-17-7-5-10/h2-3,8,10H,4-7,14H2,1H3,(H,15,16). The van der Waals surface area contributed by atoms with E-state index >= 15 is 0 Å². The lowest BCUT2D eigenvalue weighted by atomic mass is 10.1. The molecule has 1 amide bonds. The number of hydrogen-bond donors (Lipinski definition) is 2. The average molecular weight is 250 g/mol. The quantitative estimate of drug-likeness (QED) is 0.791. The molecule has 0 bridgehead atoms. The first-order valence-corrected chi connectivity index (χ1v) is 7.07. The van der Waals surface area contributed by atoms with Gasteiger partial charge in [-0.3, -0.25) is 4.79 Å². The summed E-state index contributed by atoms with van der Waals surface area (Å²) in [5.74, 6) is 2.23. The lowest BCUT2D eigenvalue weighted by Gasteiger charge is -2.22. The van der Waals surface area contributed by atoms with E-state index in [1.807, 2.05) is 30.8 Å². The first-order chi connectivity index (χ1) is 8.16. The Labute approximate surface area is 106 Å². The minimum atomic E-state index is -0.0388. The predicted molar refractivity (Wildman–Crippen MR) is 73.4 cm³/mol. The molecule has 2 rings (SSSR count). The van der Waals surface area contributed by atoms with Gasteiger partial charge in [-0.25, -0.2) is 0 Å². The van der Waals surface area contributed by atoms with E-state index in [1.165, 1.54) is 0 Å². The van der Waals surface area contributed by atoms with Gasteiger partial charge in [-0.2, -0.15) is 11.8 Å². The van der Waals surface area contributed by atoms with Crippen LogP contribution in [0.1, 0.15) is 28.8 Å². The van der Waals surface area contributed by atoms with Gasteiger partial charge in [-0.1, -0.05) is 11.6 Å². The lowest BCUT2D eigenvalue weighted by molar-refractivity contribution is 0.0935. The van der Waals surface area contributed by atoms with Crippen molar-refractivity contribution in [2.45, 2.75) is 25.8 Å². The zero-order valence-corrected chi connectivity index (χ0v) is 10.8. The summed E-state index contributed by atoms with van der Waals surface area (Å²) in [5, 5.41) is 3.07. The predicted octanol–water partition coefficient (Wildman–Crippen LogP) is 2.20. The number of thioether (sulfide) groups is 1. The molecule has 1 aromatic rings. The van der Waals surface area contributed by atoms with Crippen LogP contribution in [0.25, 0.3) is 0 Å². The van der Waals surface area contributed by atoms with Gasteiger partial charge in [0.15, 0.2) is 0 Å². The Morgan fingerprint density at radius 1 is 1.41 bits per heavy atom. The van der Waals surface area contributed by atoms with Crippen LogP contribution in [0.3, 0.4) is 0 Å². The van der Waals surface area contributed by atoms with Crippen molar-refractivity contribution in [3.8, 4) is 0 Å². The molecule has 1 aromatic carbocycles. The summed E-state index contributed by atoms with van der Waals surface area (Å²) in [6.45, 7) is 1.97. The average Bonchev–Trinajstić information content (AvgIpc) is 2.33. The summed E-state index contributed by atoms with van der Waals surface area (Å²) in [6, 6.07) is 5.87. The van der Waals surface area contributed by atoms with Crippen molar-refractivity contribution in [3.05, 3.63) is 29.3 Å². The van der Waals surface area contributed by atoms with Crippen LogP contribution in [0.15, 0.2) is 18.2 Å². The van der Waals surface area contributed by atoms with Gasteiger partial charge < -0.3 is 11.1 Å².